The maximum atomic E-state index is 13.4. The molecular weight excluding hydrogens is 478 g/mol. The van der Waals surface area contributed by atoms with Crippen LogP contribution in [0.3, 0.4) is 0 Å². The summed E-state index contributed by atoms with van der Waals surface area (Å²) in [6.07, 6.45) is -0.224. The van der Waals surface area contributed by atoms with Crippen LogP contribution in [0.5, 0.6) is 5.75 Å². The van der Waals surface area contributed by atoms with Crippen LogP contribution in [0.15, 0.2) is 22.6 Å². The van der Waals surface area contributed by atoms with Gasteiger partial charge in [0.2, 0.25) is 11.8 Å². The largest absolute Gasteiger partial charge is 0.484 e. The topological polar surface area (TPSA) is 77.2 Å². The maximum absolute atomic E-state index is 13.4. The summed E-state index contributed by atoms with van der Waals surface area (Å²) in [6.45, 7) is -0.232. The summed E-state index contributed by atoms with van der Waals surface area (Å²) in [5, 5.41) is 11.2. The molecule has 2 aliphatic rings. The number of amides is 1. The summed E-state index contributed by atoms with van der Waals surface area (Å²) < 4.78 is 63.2. The highest BCUT2D eigenvalue weighted by atomic mass is 35.5. The monoisotopic (exact) mass is 503 g/mol. The van der Waals surface area contributed by atoms with E-state index in [1.54, 1.807) is 0 Å². The van der Waals surface area contributed by atoms with E-state index in [1.807, 2.05) is 0 Å². The first-order valence-electron chi connectivity index (χ1n) is 11.5. The van der Waals surface area contributed by atoms with E-state index in [0.29, 0.717) is 24.6 Å². The Morgan fingerprint density at radius 3 is 2.18 bits per heavy atom. The number of alkyl halides is 3. The number of nitrogens with zero attached hydrogens (tertiary/aromatic N) is 2. The Bertz CT molecular complexity index is 984. The third kappa shape index (κ3) is 6.20. The Morgan fingerprint density at radius 2 is 1.62 bits per heavy atom. The average molecular weight is 504 g/mol. The van der Waals surface area contributed by atoms with Crippen LogP contribution in [0.25, 0.3) is 0 Å². The number of carbonyl (C=O) groups is 1. The van der Waals surface area contributed by atoms with Crippen LogP contribution < -0.4 is 10.1 Å². The zero-order chi connectivity index (χ0) is 24.3. The molecule has 6 nitrogen and oxygen atoms in total. The van der Waals surface area contributed by atoms with Gasteiger partial charge in [0.05, 0.1) is 10.9 Å². The minimum Gasteiger partial charge on any atom is -0.484 e. The highest BCUT2D eigenvalue weighted by Crippen LogP contribution is 2.43. The molecule has 1 heterocycles. The number of benzene rings is 1. The van der Waals surface area contributed by atoms with E-state index in [0.717, 1.165) is 31.7 Å². The minimum absolute atomic E-state index is 0.0178. The zero-order valence-corrected chi connectivity index (χ0v) is 19.2. The molecule has 34 heavy (non-hydrogen) atoms. The van der Waals surface area contributed by atoms with Crippen LogP contribution in [0.1, 0.15) is 75.0 Å². The first-order valence-corrected chi connectivity index (χ1v) is 11.8. The SMILES string of the molecule is O=C(COc1ccc(Cl)c(F)c1)NC1CCC(c2nnc(C3CCC(C(F)(F)F)CC3)o2)CC1. The molecule has 0 saturated heterocycles. The van der Waals surface area contributed by atoms with Crippen LogP contribution in [0, 0.1) is 11.7 Å². The van der Waals surface area contributed by atoms with Crippen LogP contribution in [0.4, 0.5) is 17.6 Å². The molecule has 0 unspecified atom stereocenters. The highest BCUT2D eigenvalue weighted by Gasteiger charge is 2.42. The molecule has 0 aliphatic heterocycles. The summed E-state index contributed by atoms with van der Waals surface area (Å²) in [7, 11) is 0. The Morgan fingerprint density at radius 1 is 1.03 bits per heavy atom. The fourth-order valence-electron chi connectivity index (χ4n) is 4.71. The molecule has 2 aliphatic carbocycles. The molecular formula is C23H26ClF4N3O3. The van der Waals surface area contributed by atoms with Crippen molar-refractivity contribution < 1.29 is 31.5 Å². The summed E-state index contributed by atoms with van der Waals surface area (Å²) >= 11 is 5.63. The second kappa shape index (κ2) is 10.5. The fourth-order valence-corrected chi connectivity index (χ4v) is 4.83. The molecule has 2 fully saturated rings. The van der Waals surface area contributed by atoms with Crippen LogP contribution in [-0.4, -0.2) is 34.9 Å². The summed E-state index contributed by atoms with van der Waals surface area (Å²) in [4.78, 5) is 12.2. The Kier molecular flexibility index (Phi) is 7.64. The lowest BCUT2D eigenvalue weighted by Gasteiger charge is -2.28. The van der Waals surface area contributed by atoms with Crippen molar-refractivity contribution in [3.8, 4) is 5.75 Å². The third-order valence-electron chi connectivity index (χ3n) is 6.70. The van der Waals surface area contributed by atoms with Crippen molar-refractivity contribution in [1.29, 1.82) is 0 Å². The van der Waals surface area contributed by atoms with E-state index in [4.69, 9.17) is 20.8 Å². The molecule has 1 aromatic carbocycles. The maximum Gasteiger partial charge on any atom is 0.391 e. The lowest BCUT2D eigenvalue weighted by molar-refractivity contribution is -0.182. The Hall–Kier alpha value is -2.36. The molecule has 1 N–H and O–H groups in total. The number of halogens is 5. The molecule has 0 bridgehead atoms. The summed E-state index contributed by atoms with van der Waals surface area (Å²) in [5.41, 5.74) is 0. The molecule has 11 heteroatoms. The molecule has 4 rings (SSSR count). The smallest absolute Gasteiger partial charge is 0.391 e. The first-order chi connectivity index (χ1) is 16.2. The van der Waals surface area contributed by atoms with Gasteiger partial charge in [0.25, 0.3) is 5.91 Å². The predicted molar refractivity (Wildman–Crippen MR) is 115 cm³/mol. The number of aromatic nitrogens is 2. The lowest BCUT2D eigenvalue weighted by Crippen LogP contribution is -2.39. The van der Waals surface area contributed by atoms with Crippen molar-refractivity contribution >= 4 is 17.5 Å². The van der Waals surface area contributed by atoms with Crippen molar-refractivity contribution in [3.05, 3.63) is 40.8 Å². The van der Waals surface area contributed by atoms with Crippen LogP contribution in [0.2, 0.25) is 5.02 Å². The second-order valence-electron chi connectivity index (χ2n) is 9.05. The van der Waals surface area contributed by atoms with Gasteiger partial charge >= 0.3 is 6.18 Å². The van der Waals surface area contributed by atoms with Gasteiger partial charge in [-0.25, -0.2) is 4.39 Å². The highest BCUT2D eigenvalue weighted by molar-refractivity contribution is 6.30. The zero-order valence-electron chi connectivity index (χ0n) is 18.4. The van der Waals surface area contributed by atoms with Crippen molar-refractivity contribution in [2.45, 2.75) is 75.4 Å². The van der Waals surface area contributed by atoms with Gasteiger partial charge in [0.1, 0.15) is 11.6 Å². The van der Waals surface area contributed by atoms with Gasteiger partial charge in [-0.15, -0.1) is 10.2 Å². The average Bonchev–Trinajstić information content (AvgIpc) is 3.30. The summed E-state index contributed by atoms with van der Waals surface area (Å²) in [6, 6.07) is 3.96. The number of rotatable bonds is 6. The van der Waals surface area contributed by atoms with Gasteiger partial charge in [0.15, 0.2) is 6.61 Å². The molecule has 1 aromatic heterocycles. The van der Waals surface area contributed by atoms with Crippen molar-refractivity contribution in [1.82, 2.24) is 15.5 Å². The van der Waals surface area contributed by atoms with Gasteiger partial charge in [-0.05, 0) is 63.5 Å². The molecule has 2 saturated carbocycles. The van der Waals surface area contributed by atoms with Gasteiger partial charge in [-0.3, -0.25) is 4.79 Å². The van der Waals surface area contributed by atoms with E-state index in [2.05, 4.69) is 15.5 Å². The number of carbonyl (C=O) groups excluding carboxylic acids is 1. The van der Waals surface area contributed by atoms with Crippen LogP contribution >= 0.6 is 11.6 Å². The normalized spacial score (nSPS) is 25.7. The van der Waals surface area contributed by atoms with Gasteiger partial charge < -0.3 is 14.5 Å². The number of hydrogen-bond acceptors (Lipinski definition) is 5. The molecule has 0 atom stereocenters. The number of hydrogen-bond donors (Lipinski definition) is 1. The fraction of sp³-hybridized carbons (Fsp3) is 0.609. The van der Waals surface area contributed by atoms with Gasteiger partial charge in [-0.2, -0.15) is 13.2 Å². The molecule has 2 aromatic rings. The Labute approximate surface area is 199 Å². The third-order valence-corrected chi connectivity index (χ3v) is 7.00. The lowest BCUT2D eigenvalue weighted by atomic mass is 9.81. The molecule has 0 radical (unpaired) electrons. The van der Waals surface area contributed by atoms with Gasteiger partial charge in [0, 0.05) is 23.9 Å². The first kappa shape index (κ1) is 24.8. The molecule has 0 spiro atoms. The van der Waals surface area contributed by atoms with E-state index in [9.17, 15) is 22.4 Å². The number of nitrogens with one attached hydrogen (secondary N) is 1. The second-order valence-corrected chi connectivity index (χ2v) is 9.46. The Balaban J connectivity index is 1.20. The quantitative estimate of drug-likeness (QED) is 0.495. The number of ether oxygens (including phenoxy) is 1. The van der Waals surface area contributed by atoms with Gasteiger partial charge in [-0.1, -0.05) is 11.6 Å². The van der Waals surface area contributed by atoms with Crippen LogP contribution in [-0.2, 0) is 4.79 Å². The van der Waals surface area contributed by atoms with E-state index >= 15 is 0 Å². The van der Waals surface area contributed by atoms with Crippen molar-refractivity contribution in [3.63, 3.8) is 0 Å². The van der Waals surface area contributed by atoms with E-state index in [1.165, 1.54) is 12.1 Å². The van der Waals surface area contributed by atoms with E-state index in [-0.39, 0.29) is 54.0 Å². The minimum atomic E-state index is -4.14. The molecule has 186 valence electrons. The van der Waals surface area contributed by atoms with Crippen molar-refractivity contribution in [2.75, 3.05) is 6.61 Å². The predicted octanol–water partition coefficient (Wildman–Crippen LogP) is 5.92. The molecule has 1 amide bonds. The van der Waals surface area contributed by atoms with Crippen molar-refractivity contribution in [2.24, 2.45) is 5.92 Å². The van der Waals surface area contributed by atoms with E-state index < -0.39 is 17.9 Å². The summed E-state index contributed by atoms with van der Waals surface area (Å²) in [5.74, 6) is -1.04. The standard InChI is InChI=1S/C23H26ClF4N3O3/c24-18-10-9-17(11-19(18)25)33-12-20(32)29-16-7-3-14(4-8-16)22-31-30-21(34-22)13-1-5-15(6-2-13)23(26,27)28/h9-11,13-16H,1-8,12H2,(H,29,32).